The molecule has 24 nitrogen and oxygen atoms in total. The minimum absolute atomic E-state index is 0.0276. The van der Waals surface area contributed by atoms with E-state index in [1.54, 1.807) is 85.9 Å². The number of halogens is 1. The zero-order valence-electron chi connectivity index (χ0n) is 57.8. The van der Waals surface area contributed by atoms with Gasteiger partial charge in [-0.05, 0) is 129 Å². The number of methoxy groups -OCH3 is 2. The van der Waals surface area contributed by atoms with E-state index in [1.807, 2.05) is 30.3 Å². The van der Waals surface area contributed by atoms with Gasteiger partial charge in [0.1, 0.15) is 54.2 Å². The molecule has 5 atom stereocenters. The quantitative estimate of drug-likeness (QED) is 0.0942. The topological polar surface area (TPSA) is 276 Å². The summed E-state index contributed by atoms with van der Waals surface area (Å²) in [5, 5.41) is 5.73. The number of rotatable bonds is 12. The van der Waals surface area contributed by atoms with Gasteiger partial charge in [-0.2, -0.15) is 0 Å². The smallest absolute Gasteiger partial charge is 0.415 e. The summed E-state index contributed by atoms with van der Waals surface area (Å²) in [6, 6.07) is 28.0. The van der Waals surface area contributed by atoms with Crippen LogP contribution < -0.4 is 29.6 Å². The van der Waals surface area contributed by atoms with Crippen molar-refractivity contribution < 1.29 is 85.5 Å². The van der Waals surface area contributed by atoms with Gasteiger partial charge in [0.05, 0.1) is 39.4 Å². The molecular weight excluding hydrogens is 1290 g/mol. The first-order valence-corrected chi connectivity index (χ1v) is 33.6. The highest BCUT2D eigenvalue weighted by atomic mass is 19.1. The number of aryl methyl sites for hydroxylation is 1. The fourth-order valence-corrected chi connectivity index (χ4v) is 11.9. The molecule has 2 bridgehead atoms. The highest BCUT2D eigenvalue weighted by molar-refractivity contribution is 6.38. The number of hydrogen-bond acceptors (Lipinski definition) is 17. The lowest BCUT2D eigenvalue weighted by Gasteiger charge is -2.36. The molecule has 5 aromatic rings. The Kier molecular flexibility index (Phi) is 27.7. The number of hydrogen-bond donors (Lipinski definition) is 2. The zero-order valence-corrected chi connectivity index (χ0v) is 57.8. The molecule has 8 rings (SSSR count). The molecule has 25 heteroatoms. The van der Waals surface area contributed by atoms with Crippen molar-refractivity contribution >= 4 is 59.3 Å². The third kappa shape index (κ3) is 21.7. The Bertz CT molecular complexity index is 3700. The molecule has 0 aliphatic carbocycles. The highest BCUT2D eigenvalue weighted by Crippen LogP contribution is 2.34. The number of cyclic esters (lactones) is 2. The third-order valence-electron chi connectivity index (χ3n) is 17.8. The Labute approximate surface area is 582 Å². The van der Waals surface area contributed by atoms with Crippen molar-refractivity contribution in [3.05, 3.63) is 167 Å². The second-order valence-corrected chi connectivity index (χ2v) is 25.7. The number of esters is 2. The Morgan fingerprint density at radius 2 is 1.29 bits per heavy atom. The summed E-state index contributed by atoms with van der Waals surface area (Å²) in [6.07, 6.45) is 3.70. The zero-order chi connectivity index (χ0) is 71.9. The van der Waals surface area contributed by atoms with E-state index < -0.39 is 121 Å². The highest BCUT2D eigenvalue weighted by Gasteiger charge is 2.43. The van der Waals surface area contributed by atoms with E-state index in [0.29, 0.717) is 81.0 Å². The first kappa shape index (κ1) is 75.6. The number of fused-ring (bicyclic) bond motifs is 3. The van der Waals surface area contributed by atoms with Crippen LogP contribution in [0.5, 0.6) is 23.0 Å². The fourth-order valence-electron chi connectivity index (χ4n) is 11.9. The summed E-state index contributed by atoms with van der Waals surface area (Å²) in [5.41, 5.74) is 1.20. The van der Waals surface area contributed by atoms with Gasteiger partial charge < -0.3 is 68.3 Å². The molecule has 0 spiro atoms. The summed E-state index contributed by atoms with van der Waals surface area (Å²) in [5.74, 6) is -6.75. The standard InChI is InChI=1S/C75H90FN7O17/c1-75(2)49-98-67(86)25-16-8-9-18-34-79(3)70(89)58(40-50-20-12-10-13-21-50)77-65(84)47-80(4)71(90)59(41-51-22-14-11-15-23-51)78-69(88)61(42-52-26-30-56(31-27-52)99-74(93)82-36-38-96-39-37-82)81(5)66(85)48-97-57-45-54(44-55(76)46-57)62(32-28-53-29-33-63(94-6)64(43-53)95-7)100-73(92)60-24-17-19-35-83(60)72(91)68(75)87/h10-16,20-23,25-27,29-31,33,43-46,58-62H,8-9,17-19,24,28,32,34-42,47-49H2,1-7H3,(H,77,84)(H,78,88)/b25-16+/t58-,59-,60+,61+,62-/m1/s1. The molecule has 5 aromatic carbocycles. The number of carbonyl (C=O) groups is 10. The third-order valence-corrected chi connectivity index (χ3v) is 17.8. The Hall–Kier alpha value is -10.2. The van der Waals surface area contributed by atoms with Gasteiger partial charge in [-0.1, -0.05) is 84.9 Å². The lowest BCUT2D eigenvalue weighted by Crippen LogP contribution is -2.57. The lowest BCUT2D eigenvalue weighted by atomic mass is 9.87. The van der Waals surface area contributed by atoms with E-state index in [0.717, 1.165) is 38.0 Å². The minimum Gasteiger partial charge on any atom is -0.493 e. The normalized spacial score (nSPS) is 21.5. The predicted octanol–water partition coefficient (Wildman–Crippen LogP) is 6.97. The first-order chi connectivity index (χ1) is 48.0. The second kappa shape index (κ2) is 36.6. The van der Waals surface area contributed by atoms with E-state index in [9.17, 15) is 43.2 Å². The molecule has 100 heavy (non-hydrogen) atoms. The molecule has 2 fully saturated rings. The van der Waals surface area contributed by atoms with Crippen LogP contribution in [-0.4, -0.2) is 202 Å². The van der Waals surface area contributed by atoms with Crippen LogP contribution >= 0.6 is 0 Å². The Morgan fingerprint density at radius 1 is 0.660 bits per heavy atom. The number of amides is 7. The first-order valence-electron chi connectivity index (χ1n) is 33.6. The van der Waals surface area contributed by atoms with Crippen molar-refractivity contribution in [3.8, 4) is 23.0 Å². The summed E-state index contributed by atoms with van der Waals surface area (Å²) < 4.78 is 56.0. The lowest BCUT2D eigenvalue weighted by molar-refractivity contribution is -0.165. The number of allylic oxidation sites excluding steroid dienone is 1. The molecule has 0 aromatic heterocycles. The van der Waals surface area contributed by atoms with Gasteiger partial charge in [0.25, 0.3) is 11.8 Å². The predicted molar refractivity (Wildman–Crippen MR) is 365 cm³/mol. The molecule has 3 aliphatic heterocycles. The van der Waals surface area contributed by atoms with Gasteiger partial charge in [0.2, 0.25) is 29.4 Å². The van der Waals surface area contributed by atoms with Crippen LogP contribution in [0.1, 0.15) is 92.7 Å². The van der Waals surface area contributed by atoms with Gasteiger partial charge in [-0.3, -0.25) is 33.6 Å². The van der Waals surface area contributed by atoms with Crippen LogP contribution in [0.2, 0.25) is 0 Å². The molecule has 0 saturated carbocycles. The van der Waals surface area contributed by atoms with Gasteiger partial charge in [-0.25, -0.2) is 18.8 Å². The summed E-state index contributed by atoms with van der Waals surface area (Å²) in [7, 11) is 7.34. The number of ether oxygens (including phenoxy) is 7. The van der Waals surface area contributed by atoms with Crippen LogP contribution in [0, 0.1) is 11.2 Å². The number of likely N-dealkylation sites (N-methyl/N-ethyl adjacent to an activating group) is 3. The Balaban J connectivity index is 1.12. The van der Waals surface area contributed by atoms with Crippen LogP contribution in [0.15, 0.2) is 133 Å². The number of Topliss-reactive ketones (excluding diaryl/α,β-unsaturated/α-hetero) is 1. The number of piperidine rings is 1. The van der Waals surface area contributed by atoms with Crippen molar-refractivity contribution in [3.63, 3.8) is 0 Å². The molecule has 2 saturated heterocycles. The maximum atomic E-state index is 16.2. The molecule has 0 radical (unpaired) electrons. The molecule has 0 unspecified atom stereocenters. The summed E-state index contributed by atoms with van der Waals surface area (Å²) in [4.78, 5) is 149. The van der Waals surface area contributed by atoms with Crippen molar-refractivity contribution in [2.24, 2.45) is 5.41 Å². The average molecular weight is 1380 g/mol. The van der Waals surface area contributed by atoms with Gasteiger partial charge in [-0.15, -0.1) is 0 Å². The van der Waals surface area contributed by atoms with Gasteiger partial charge in [0.15, 0.2) is 18.1 Å². The van der Waals surface area contributed by atoms with E-state index in [-0.39, 0.29) is 68.7 Å². The average Bonchev–Trinajstić information content (AvgIpc) is 0.810. The molecule has 534 valence electrons. The Morgan fingerprint density at radius 3 is 1.96 bits per heavy atom. The van der Waals surface area contributed by atoms with Crippen molar-refractivity contribution in [1.29, 1.82) is 0 Å². The van der Waals surface area contributed by atoms with Crippen LogP contribution in [0.25, 0.3) is 0 Å². The SMILES string of the molecule is COc1ccc(CC[C@H]2OC(=O)[C@@H]3CCCCN3C(=O)C(=O)C(C)(C)COC(=O)/C=C/CCCCN(C)C(=O)[C@@H](Cc3ccccc3)NC(=O)CN(C)C(=O)[C@@H](Cc3ccccc3)NC(=O)[C@H](Cc3ccc(OC(=O)N4CCOCC4)cc3)N(C)C(=O)COc3cc(F)cc2c3)cc1OC. The molecular formula is C75H90FN7O17. The van der Waals surface area contributed by atoms with Crippen LogP contribution in [0.3, 0.4) is 0 Å². The number of nitrogens with one attached hydrogen (secondary N) is 2. The number of nitrogens with zero attached hydrogens (tertiary/aromatic N) is 5. The monoisotopic (exact) mass is 1380 g/mol. The molecule has 7 amide bonds. The molecule has 3 aliphatic rings. The molecule has 3 heterocycles. The molecule has 2 N–H and O–H groups in total. The maximum absolute atomic E-state index is 16.2. The van der Waals surface area contributed by atoms with Gasteiger partial charge >= 0.3 is 18.0 Å². The van der Waals surface area contributed by atoms with Crippen molar-refractivity contribution in [1.82, 2.24) is 35.1 Å². The van der Waals surface area contributed by atoms with Gasteiger partial charge in [0, 0.05) is 78.7 Å². The van der Waals surface area contributed by atoms with E-state index in [4.69, 9.17) is 33.2 Å². The fraction of sp³-hybridized carbons (Fsp3) is 0.440. The number of morpholine rings is 1. The van der Waals surface area contributed by atoms with E-state index in [1.165, 1.54) is 64.1 Å². The van der Waals surface area contributed by atoms with E-state index >= 15 is 9.18 Å². The summed E-state index contributed by atoms with van der Waals surface area (Å²) >= 11 is 0. The summed E-state index contributed by atoms with van der Waals surface area (Å²) in [6.45, 7) is 2.84. The second-order valence-electron chi connectivity index (χ2n) is 25.7. The van der Waals surface area contributed by atoms with Crippen LogP contribution in [-0.2, 0) is 83.0 Å². The number of ketones is 1. The maximum Gasteiger partial charge on any atom is 0.415 e. The van der Waals surface area contributed by atoms with Crippen molar-refractivity contribution in [2.45, 2.75) is 115 Å². The largest absolute Gasteiger partial charge is 0.493 e. The number of benzene rings is 5. The number of carbonyl (C=O) groups excluding carboxylic acids is 10. The minimum atomic E-state index is -1.53. The van der Waals surface area contributed by atoms with E-state index in [2.05, 4.69) is 10.6 Å². The van der Waals surface area contributed by atoms with Crippen molar-refractivity contribution in [2.75, 3.05) is 94.5 Å². The van der Waals surface area contributed by atoms with Crippen LogP contribution in [0.4, 0.5) is 9.18 Å².